The van der Waals surface area contributed by atoms with Crippen LogP contribution in [0, 0.1) is 5.41 Å². The van der Waals surface area contributed by atoms with Crippen molar-refractivity contribution in [3.63, 3.8) is 0 Å². The number of amides is 1. The molecule has 1 aromatic rings. The highest BCUT2D eigenvalue weighted by molar-refractivity contribution is 6.30. The second kappa shape index (κ2) is 6.57. The molecule has 0 bridgehead atoms. The Kier molecular flexibility index (Phi) is 5.34. The van der Waals surface area contributed by atoms with Crippen molar-refractivity contribution in [2.45, 2.75) is 26.8 Å². The van der Waals surface area contributed by atoms with Gasteiger partial charge in [-0.1, -0.05) is 44.5 Å². The van der Waals surface area contributed by atoms with Crippen molar-refractivity contribution in [3.8, 4) is 0 Å². The number of hydrogen-bond acceptors (Lipinski definition) is 2. The molecule has 4 nitrogen and oxygen atoms in total. The Morgan fingerprint density at radius 3 is 2.25 bits per heavy atom. The van der Waals surface area contributed by atoms with E-state index in [1.165, 1.54) is 6.08 Å². The average Bonchev–Trinajstić information content (AvgIpc) is 2.33. The summed E-state index contributed by atoms with van der Waals surface area (Å²) in [7, 11) is 0. The molecule has 0 fully saturated rings. The van der Waals surface area contributed by atoms with E-state index in [2.05, 4.69) is 5.32 Å². The number of rotatable bonds is 4. The number of carboxylic acids is 1. The van der Waals surface area contributed by atoms with Crippen LogP contribution in [0.2, 0.25) is 5.02 Å². The molecule has 1 atom stereocenters. The SMILES string of the molecule is CC(C)(C)[C@@H](NC(=O)/C=C/c1ccc(Cl)cc1)C(=O)O. The minimum atomic E-state index is -1.05. The maximum Gasteiger partial charge on any atom is 0.326 e. The van der Waals surface area contributed by atoms with Gasteiger partial charge in [-0.25, -0.2) is 4.79 Å². The van der Waals surface area contributed by atoms with Crippen LogP contribution < -0.4 is 5.32 Å². The summed E-state index contributed by atoms with van der Waals surface area (Å²) in [5.74, 6) is -1.49. The Labute approximate surface area is 123 Å². The minimum absolute atomic E-state index is 0.442. The lowest BCUT2D eigenvalue weighted by atomic mass is 9.87. The van der Waals surface area contributed by atoms with Gasteiger partial charge in [-0.15, -0.1) is 0 Å². The number of carboxylic acid groups (broad SMARTS) is 1. The molecule has 0 spiro atoms. The fourth-order valence-electron chi connectivity index (χ4n) is 1.58. The molecule has 2 N–H and O–H groups in total. The van der Waals surface area contributed by atoms with Gasteiger partial charge in [0, 0.05) is 11.1 Å². The van der Waals surface area contributed by atoms with Crippen molar-refractivity contribution in [1.29, 1.82) is 0 Å². The molecule has 20 heavy (non-hydrogen) atoms. The number of aliphatic carboxylic acids is 1. The summed E-state index contributed by atoms with van der Waals surface area (Å²) < 4.78 is 0. The van der Waals surface area contributed by atoms with Crippen LogP contribution in [0.5, 0.6) is 0 Å². The molecule has 0 aliphatic rings. The smallest absolute Gasteiger partial charge is 0.326 e. The molecule has 0 radical (unpaired) electrons. The quantitative estimate of drug-likeness (QED) is 0.839. The lowest BCUT2D eigenvalue weighted by molar-refractivity contribution is -0.144. The lowest BCUT2D eigenvalue weighted by Gasteiger charge is -2.27. The third-order valence-electron chi connectivity index (χ3n) is 2.70. The van der Waals surface area contributed by atoms with Gasteiger partial charge in [0.1, 0.15) is 6.04 Å². The van der Waals surface area contributed by atoms with E-state index in [-0.39, 0.29) is 0 Å². The van der Waals surface area contributed by atoms with Crippen LogP contribution in [0.3, 0.4) is 0 Å². The van der Waals surface area contributed by atoms with Gasteiger partial charge in [0.15, 0.2) is 0 Å². The van der Waals surface area contributed by atoms with Crippen molar-refractivity contribution in [2.24, 2.45) is 5.41 Å². The van der Waals surface area contributed by atoms with Crippen LogP contribution in [-0.2, 0) is 9.59 Å². The number of carbonyl (C=O) groups excluding carboxylic acids is 1. The zero-order valence-electron chi connectivity index (χ0n) is 11.7. The molecule has 108 valence electrons. The van der Waals surface area contributed by atoms with Crippen molar-refractivity contribution < 1.29 is 14.7 Å². The first-order chi connectivity index (χ1) is 9.20. The zero-order valence-corrected chi connectivity index (χ0v) is 12.4. The van der Waals surface area contributed by atoms with E-state index in [1.54, 1.807) is 51.1 Å². The first-order valence-corrected chi connectivity index (χ1v) is 6.55. The minimum Gasteiger partial charge on any atom is -0.480 e. The standard InChI is InChI=1S/C15H18ClNO3/c1-15(2,3)13(14(19)20)17-12(18)9-6-10-4-7-11(16)8-5-10/h4-9,13H,1-3H3,(H,17,18)(H,19,20)/b9-6+/t13-/m0/s1. The number of carbonyl (C=O) groups is 2. The molecular weight excluding hydrogens is 278 g/mol. The first-order valence-electron chi connectivity index (χ1n) is 6.17. The van der Waals surface area contributed by atoms with Gasteiger partial charge in [0.25, 0.3) is 0 Å². The Morgan fingerprint density at radius 1 is 1.25 bits per heavy atom. The highest BCUT2D eigenvalue weighted by Crippen LogP contribution is 2.19. The molecule has 0 aliphatic heterocycles. The number of halogens is 1. The predicted octanol–water partition coefficient (Wildman–Crippen LogP) is 2.97. The van der Waals surface area contributed by atoms with Crippen LogP contribution in [0.25, 0.3) is 6.08 Å². The summed E-state index contributed by atoms with van der Waals surface area (Å²) in [4.78, 5) is 22.9. The normalized spacial score (nSPS) is 13.2. The van der Waals surface area contributed by atoms with Gasteiger partial charge in [-0.3, -0.25) is 4.79 Å². The topological polar surface area (TPSA) is 66.4 Å². The molecular formula is C15H18ClNO3. The molecule has 1 amide bonds. The van der Waals surface area contributed by atoms with E-state index >= 15 is 0 Å². The van der Waals surface area contributed by atoms with Gasteiger partial charge in [0.05, 0.1) is 0 Å². The number of nitrogens with one attached hydrogen (secondary N) is 1. The second-order valence-electron chi connectivity index (χ2n) is 5.53. The van der Waals surface area contributed by atoms with E-state index in [0.29, 0.717) is 5.02 Å². The molecule has 0 aliphatic carbocycles. The van der Waals surface area contributed by atoms with Crippen molar-refractivity contribution in [3.05, 3.63) is 40.9 Å². The summed E-state index contributed by atoms with van der Waals surface area (Å²) in [5.41, 5.74) is 0.252. The Balaban J connectivity index is 2.71. The average molecular weight is 296 g/mol. The number of benzene rings is 1. The van der Waals surface area contributed by atoms with E-state index in [4.69, 9.17) is 16.7 Å². The van der Waals surface area contributed by atoms with E-state index in [0.717, 1.165) is 5.56 Å². The summed E-state index contributed by atoms with van der Waals surface area (Å²) in [6.45, 7) is 5.28. The Hall–Kier alpha value is -1.81. The van der Waals surface area contributed by atoms with Gasteiger partial charge in [-0.05, 0) is 29.2 Å². The maximum absolute atomic E-state index is 11.8. The van der Waals surface area contributed by atoms with Crippen LogP contribution in [0.15, 0.2) is 30.3 Å². The van der Waals surface area contributed by atoms with Gasteiger partial charge in [0.2, 0.25) is 5.91 Å². The third-order valence-corrected chi connectivity index (χ3v) is 2.95. The second-order valence-corrected chi connectivity index (χ2v) is 5.97. The fourth-order valence-corrected chi connectivity index (χ4v) is 1.71. The van der Waals surface area contributed by atoms with Crippen molar-refractivity contribution in [1.82, 2.24) is 5.32 Å². The molecule has 0 saturated heterocycles. The van der Waals surface area contributed by atoms with E-state index in [1.807, 2.05) is 0 Å². The Bertz CT molecular complexity index is 515. The largest absolute Gasteiger partial charge is 0.480 e. The van der Waals surface area contributed by atoms with Gasteiger partial charge >= 0.3 is 5.97 Å². The third kappa shape index (κ3) is 5.05. The highest BCUT2D eigenvalue weighted by atomic mass is 35.5. The van der Waals surface area contributed by atoms with Crippen LogP contribution in [-0.4, -0.2) is 23.0 Å². The summed E-state index contributed by atoms with van der Waals surface area (Å²) in [6, 6.07) is 6.03. The monoisotopic (exact) mass is 295 g/mol. The van der Waals surface area contributed by atoms with Gasteiger partial charge in [-0.2, -0.15) is 0 Å². The Morgan fingerprint density at radius 2 is 1.80 bits per heavy atom. The molecule has 0 saturated carbocycles. The predicted molar refractivity (Wildman–Crippen MR) is 79.5 cm³/mol. The van der Waals surface area contributed by atoms with Crippen LogP contribution in [0.1, 0.15) is 26.3 Å². The molecule has 5 heteroatoms. The fraction of sp³-hybridized carbons (Fsp3) is 0.333. The summed E-state index contributed by atoms with van der Waals surface area (Å²) >= 11 is 5.76. The molecule has 0 unspecified atom stereocenters. The van der Waals surface area contributed by atoms with E-state index < -0.39 is 23.3 Å². The van der Waals surface area contributed by atoms with Crippen molar-refractivity contribution in [2.75, 3.05) is 0 Å². The lowest BCUT2D eigenvalue weighted by Crippen LogP contribution is -2.48. The van der Waals surface area contributed by atoms with E-state index in [9.17, 15) is 9.59 Å². The first kappa shape index (κ1) is 16.2. The molecule has 0 heterocycles. The highest BCUT2D eigenvalue weighted by Gasteiger charge is 2.31. The zero-order chi connectivity index (χ0) is 15.3. The summed E-state index contributed by atoms with van der Waals surface area (Å²) in [6.07, 6.45) is 2.91. The number of hydrogen-bond donors (Lipinski definition) is 2. The molecule has 1 rings (SSSR count). The van der Waals surface area contributed by atoms with Crippen LogP contribution in [0.4, 0.5) is 0 Å². The van der Waals surface area contributed by atoms with Crippen molar-refractivity contribution >= 4 is 29.6 Å². The molecule has 0 aromatic heterocycles. The van der Waals surface area contributed by atoms with Crippen LogP contribution >= 0.6 is 11.6 Å². The maximum atomic E-state index is 11.8. The van der Waals surface area contributed by atoms with Gasteiger partial charge < -0.3 is 10.4 Å². The summed E-state index contributed by atoms with van der Waals surface area (Å²) in [5, 5.41) is 12.2. The molecule has 1 aromatic carbocycles.